The first-order chi connectivity index (χ1) is 16.8. The van der Waals surface area contributed by atoms with Crippen molar-refractivity contribution in [3.8, 4) is 11.1 Å². The van der Waals surface area contributed by atoms with Gasteiger partial charge in [0, 0.05) is 36.9 Å². The van der Waals surface area contributed by atoms with Gasteiger partial charge in [0.05, 0.1) is 0 Å². The number of nitrogens with one attached hydrogen (secondary N) is 1. The smallest absolute Gasteiger partial charge is 0.0463 e. The van der Waals surface area contributed by atoms with Crippen LogP contribution < -0.4 is 5.32 Å². The number of hydrogen-bond acceptors (Lipinski definition) is 2. The molecule has 0 aliphatic carbocycles. The van der Waals surface area contributed by atoms with E-state index in [1.165, 1.54) is 52.8 Å². The summed E-state index contributed by atoms with van der Waals surface area (Å²) in [6, 6.07) is 43.7. The SMILES string of the molecule is c1ccc2c(Nc3ccc(-c4ccc5sc6ccc7ccccc7c6c5c4)cc3)cccc2c1. The van der Waals surface area contributed by atoms with Gasteiger partial charge in [-0.3, -0.25) is 0 Å². The van der Waals surface area contributed by atoms with Gasteiger partial charge in [-0.2, -0.15) is 0 Å². The van der Waals surface area contributed by atoms with Gasteiger partial charge in [0.2, 0.25) is 0 Å². The Morgan fingerprint density at radius 1 is 0.471 bits per heavy atom. The van der Waals surface area contributed by atoms with Gasteiger partial charge in [-0.05, 0) is 63.7 Å². The summed E-state index contributed by atoms with van der Waals surface area (Å²) < 4.78 is 2.69. The maximum Gasteiger partial charge on any atom is 0.0463 e. The topological polar surface area (TPSA) is 12.0 Å². The summed E-state index contributed by atoms with van der Waals surface area (Å²) in [5.41, 5.74) is 4.69. The molecule has 0 fully saturated rings. The number of thiophene rings is 1. The number of rotatable bonds is 3. The first kappa shape index (κ1) is 19.3. The zero-order valence-corrected chi connectivity index (χ0v) is 19.3. The second-order valence-corrected chi connectivity index (χ2v) is 9.79. The van der Waals surface area contributed by atoms with Crippen LogP contribution in [0.15, 0.2) is 121 Å². The molecule has 0 saturated carbocycles. The molecule has 0 spiro atoms. The standard InChI is InChI=1S/C32H21NS/c1-3-9-26-22(6-1)8-5-11-29(26)33-25-16-12-21(13-17-25)24-15-18-30-28(20-24)32-27-10-4-2-7-23(27)14-19-31(32)34-30/h1-20,33H. The van der Waals surface area contributed by atoms with Crippen LogP contribution >= 0.6 is 11.3 Å². The summed E-state index contributed by atoms with van der Waals surface area (Å²) in [4.78, 5) is 0. The van der Waals surface area contributed by atoms with Crippen molar-refractivity contribution in [1.82, 2.24) is 0 Å². The van der Waals surface area contributed by atoms with Crippen molar-refractivity contribution in [1.29, 1.82) is 0 Å². The molecule has 6 aromatic carbocycles. The largest absolute Gasteiger partial charge is 0.355 e. The van der Waals surface area contributed by atoms with E-state index >= 15 is 0 Å². The van der Waals surface area contributed by atoms with Gasteiger partial charge >= 0.3 is 0 Å². The summed E-state index contributed by atoms with van der Waals surface area (Å²) in [5.74, 6) is 0. The van der Waals surface area contributed by atoms with E-state index in [4.69, 9.17) is 0 Å². The molecule has 0 bridgehead atoms. The first-order valence-electron chi connectivity index (χ1n) is 11.5. The number of benzene rings is 6. The third kappa shape index (κ3) is 3.15. The molecular formula is C32H21NS. The van der Waals surface area contributed by atoms with Crippen molar-refractivity contribution >= 4 is 64.4 Å². The highest BCUT2D eigenvalue weighted by molar-refractivity contribution is 7.26. The fourth-order valence-corrected chi connectivity index (χ4v) is 6.06. The summed E-state index contributed by atoms with van der Waals surface area (Å²) >= 11 is 1.87. The second-order valence-electron chi connectivity index (χ2n) is 8.70. The molecule has 1 N–H and O–H groups in total. The molecule has 1 nitrogen and oxygen atoms in total. The Bertz CT molecular complexity index is 1820. The zero-order chi connectivity index (χ0) is 22.5. The monoisotopic (exact) mass is 451 g/mol. The summed E-state index contributed by atoms with van der Waals surface area (Å²) in [5, 5.41) is 11.4. The lowest BCUT2D eigenvalue weighted by Crippen LogP contribution is -1.91. The van der Waals surface area contributed by atoms with Crippen LogP contribution in [-0.4, -0.2) is 0 Å². The molecule has 0 amide bonds. The normalized spacial score (nSPS) is 11.5. The maximum atomic E-state index is 3.60. The zero-order valence-electron chi connectivity index (χ0n) is 18.5. The summed E-state index contributed by atoms with van der Waals surface area (Å²) in [6.45, 7) is 0. The van der Waals surface area contributed by atoms with Crippen LogP contribution in [0.1, 0.15) is 0 Å². The number of anilines is 2. The average molecular weight is 452 g/mol. The van der Waals surface area contributed by atoms with E-state index in [0.29, 0.717) is 0 Å². The van der Waals surface area contributed by atoms with Crippen molar-refractivity contribution < 1.29 is 0 Å². The lowest BCUT2D eigenvalue weighted by Gasteiger charge is -2.11. The summed E-state index contributed by atoms with van der Waals surface area (Å²) in [7, 11) is 0. The van der Waals surface area contributed by atoms with Gasteiger partial charge in [-0.25, -0.2) is 0 Å². The van der Waals surface area contributed by atoms with Crippen LogP contribution in [0, 0.1) is 0 Å². The van der Waals surface area contributed by atoms with Crippen LogP contribution in [0.25, 0.3) is 52.8 Å². The third-order valence-corrected chi connectivity index (χ3v) is 7.78. The van der Waals surface area contributed by atoms with Gasteiger partial charge in [0.15, 0.2) is 0 Å². The summed E-state index contributed by atoms with van der Waals surface area (Å²) in [6.07, 6.45) is 0. The number of hydrogen-bond donors (Lipinski definition) is 1. The van der Waals surface area contributed by atoms with E-state index in [0.717, 1.165) is 11.4 Å². The van der Waals surface area contributed by atoms with Crippen molar-refractivity contribution in [3.63, 3.8) is 0 Å². The fourth-order valence-electron chi connectivity index (χ4n) is 4.96. The van der Waals surface area contributed by atoms with Gasteiger partial charge in [-0.15, -0.1) is 11.3 Å². The number of fused-ring (bicyclic) bond motifs is 6. The van der Waals surface area contributed by atoms with Crippen LogP contribution in [0.2, 0.25) is 0 Å². The first-order valence-corrected chi connectivity index (χ1v) is 12.3. The molecule has 0 radical (unpaired) electrons. The quantitative estimate of drug-likeness (QED) is 0.282. The van der Waals surface area contributed by atoms with E-state index in [-0.39, 0.29) is 0 Å². The Kier molecular flexibility index (Phi) is 4.39. The van der Waals surface area contributed by atoms with Crippen LogP contribution in [-0.2, 0) is 0 Å². The van der Waals surface area contributed by atoms with E-state index in [9.17, 15) is 0 Å². The predicted molar refractivity (Wildman–Crippen MR) is 150 cm³/mol. The highest BCUT2D eigenvalue weighted by Gasteiger charge is 2.10. The van der Waals surface area contributed by atoms with E-state index in [1.54, 1.807) is 0 Å². The Hall–Kier alpha value is -4.14. The minimum atomic E-state index is 1.09. The minimum Gasteiger partial charge on any atom is -0.355 e. The van der Waals surface area contributed by atoms with Crippen LogP contribution in [0.3, 0.4) is 0 Å². The van der Waals surface area contributed by atoms with Crippen molar-refractivity contribution in [2.45, 2.75) is 0 Å². The molecule has 0 atom stereocenters. The molecule has 0 aliphatic rings. The predicted octanol–water partition coefficient (Wildman–Crippen LogP) is 9.77. The van der Waals surface area contributed by atoms with Gasteiger partial charge in [0.25, 0.3) is 0 Å². The lowest BCUT2D eigenvalue weighted by molar-refractivity contribution is 1.57. The van der Waals surface area contributed by atoms with Gasteiger partial charge in [-0.1, -0.05) is 84.9 Å². The third-order valence-electron chi connectivity index (χ3n) is 6.65. The van der Waals surface area contributed by atoms with Crippen LogP contribution in [0.5, 0.6) is 0 Å². The molecule has 1 heterocycles. The molecule has 0 saturated heterocycles. The van der Waals surface area contributed by atoms with Gasteiger partial charge < -0.3 is 5.32 Å². The molecule has 1 aromatic heterocycles. The Morgan fingerprint density at radius 2 is 1.15 bits per heavy atom. The highest BCUT2D eigenvalue weighted by Crippen LogP contribution is 2.40. The highest BCUT2D eigenvalue weighted by atomic mass is 32.1. The average Bonchev–Trinajstić information content (AvgIpc) is 3.28. The lowest BCUT2D eigenvalue weighted by atomic mass is 10.00. The molecular weight excluding hydrogens is 430 g/mol. The molecule has 160 valence electrons. The molecule has 7 rings (SSSR count). The molecule has 2 heteroatoms. The van der Waals surface area contributed by atoms with Gasteiger partial charge in [0.1, 0.15) is 0 Å². The fraction of sp³-hybridized carbons (Fsp3) is 0. The second kappa shape index (κ2) is 7.72. The van der Waals surface area contributed by atoms with E-state index < -0.39 is 0 Å². The Labute approximate surface area is 201 Å². The molecule has 34 heavy (non-hydrogen) atoms. The van der Waals surface area contributed by atoms with Crippen molar-refractivity contribution in [2.24, 2.45) is 0 Å². The molecule has 0 aliphatic heterocycles. The Balaban J connectivity index is 1.28. The Morgan fingerprint density at radius 3 is 2.00 bits per heavy atom. The van der Waals surface area contributed by atoms with Crippen molar-refractivity contribution in [2.75, 3.05) is 5.32 Å². The van der Waals surface area contributed by atoms with Crippen molar-refractivity contribution in [3.05, 3.63) is 121 Å². The van der Waals surface area contributed by atoms with E-state index in [1.807, 2.05) is 11.3 Å². The minimum absolute atomic E-state index is 1.09. The maximum absolute atomic E-state index is 3.60. The molecule has 0 unspecified atom stereocenters. The molecule has 7 aromatic rings. The van der Waals surface area contributed by atoms with E-state index in [2.05, 4.69) is 127 Å². The van der Waals surface area contributed by atoms with Crippen LogP contribution in [0.4, 0.5) is 11.4 Å².